The number of rotatable bonds is 8. The summed E-state index contributed by atoms with van der Waals surface area (Å²) in [4.78, 5) is 25.1. The zero-order valence-corrected chi connectivity index (χ0v) is 21.3. The lowest BCUT2D eigenvalue weighted by molar-refractivity contribution is -0.192. The number of ether oxygens (including phenoxy) is 2. The first-order valence-electron chi connectivity index (χ1n) is 12.7. The summed E-state index contributed by atoms with van der Waals surface area (Å²) in [6.07, 6.45) is 1.82. The fraction of sp³-hybridized carbons (Fsp3) is 0.826. The highest BCUT2D eigenvalue weighted by Gasteiger charge is 2.39. The monoisotopic (exact) mass is 534 g/mol. The van der Waals surface area contributed by atoms with Gasteiger partial charge in [0, 0.05) is 25.7 Å². The van der Waals surface area contributed by atoms with Crippen LogP contribution in [0.2, 0.25) is 0 Å². The molecule has 210 valence electrons. The van der Waals surface area contributed by atoms with Gasteiger partial charge in [-0.05, 0) is 58.8 Å². The summed E-state index contributed by atoms with van der Waals surface area (Å²) in [5, 5.41) is 24.0. The average molecular weight is 535 g/mol. The Labute approximate surface area is 214 Å². The van der Waals surface area contributed by atoms with Gasteiger partial charge in [0.15, 0.2) is 0 Å². The van der Waals surface area contributed by atoms with E-state index in [9.17, 15) is 18.3 Å². The standard InChI is InChI=1S/C21H36N6O3.C2HF3O2/c1-15(2)30-21(7-4-8-21)14-22-18-24-19(23-16-5-3-6-17(28)13-16)26-20(25-18)27-9-11-29-12-10-27;3-2(4,5)1(6)7/h15-17,28H,3-14H2,1-2H3,(H2,22,23,24,25,26);(H,6,7)/t16-,17+;/m1./s1. The molecule has 2 heterocycles. The SMILES string of the molecule is CC(C)OC1(CNc2nc(N[C@@H]3CCC[C@H](O)C3)nc(N3CCOCC3)n2)CCC1.O=C(O)C(F)(F)F. The number of hydrogen-bond donors (Lipinski definition) is 4. The van der Waals surface area contributed by atoms with E-state index in [1.807, 2.05) is 0 Å². The number of halogens is 3. The van der Waals surface area contributed by atoms with Gasteiger partial charge in [-0.1, -0.05) is 0 Å². The van der Waals surface area contributed by atoms with Crippen molar-refractivity contribution in [3.8, 4) is 0 Å². The number of hydrogen-bond acceptors (Lipinski definition) is 10. The normalized spacial score (nSPS) is 23.5. The van der Waals surface area contributed by atoms with Crippen LogP contribution in [-0.2, 0) is 14.3 Å². The van der Waals surface area contributed by atoms with Crippen molar-refractivity contribution in [1.29, 1.82) is 0 Å². The fourth-order valence-corrected chi connectivity index (χ4v) is 4.54. The zero-order chi connectivity index (χ0) is 27.1. The molecule has 1 aliphatic heterocycles. The molecule has 37 heavy (non-hydrogen) atoms. The van der Waals surface area contributed by atoms with Crippen molar-refractivity contribution in [3.63, 3.8) is 0 Å². The molecule has 1 aromatic rings. The van der Waals surface area contributed by atoms with Crippen LogP contribution in [0.4, 0.5) is 31.0 Å². The van der Waals surface area contributed by atoms with Crippen molar-refractivity contribution in [2.75, 3.05) is 48.4 Å². The maximum absolute atomic E-state index is 10.6. The summed E-state index contributed by atoms with van der Waals surface area (Å²) >= 11 is 0. The predicted molar refractivity (Wildman–Crippen MR) is 130 cm³/mol. The van der Waals surface area contributed by atoms with Gasteiger partial charge < -0.3 is 35.2 Å². The maximum Gasteiger partial charge on any atom is 0.490 e. The Hall–Kier alpha value is -2.45. The number of aliphatic hydroxyl groups is 1. The number of nitrogens with zero attached hydrogens (tertiary/aromatic N) is 4. The topological polar surface area (TPSA) is 142 Å². The molecular formula is C23H37F3N6O5. The van der Waals surface area contributed by atoms with Crippen molar-refractivity contribution in [2.24, 2.45) is 0 Å². The first-order valence-corrected chi connectivity index (χ1v) is 12.7. The van der Waals surface area contributed by atoms with E-state index < -0.39 is 12.1 Å². The Morgan fingerprint density at radius 3 is 2.35 bits per heavy atom. The number of anilines is 3. The number of nitrogens with one attached hydrogen (secondary N) is 2. The Bertz CT molecular complexity index is 881. The molecule has 0 radical (unpaired) electrons. The number of carboxylic acids is 1. The van der Waals surface area contributed by atoms with Gasteiger partial charge in [-0.3, -0.25) is 0 Å². The van der Waals surface area contributed by atoms with E-state index >= 15 is 0 Å². The van der Waals surface area contributed by atoms with Gasteiger partial charge in [0.2, 0.25) is 17.8 Å². The average Bonchev–Trinajstić information content (AvgIpc) is 2.81. The van der Waals surface area contributed by atoms with Crippen LogP contribution in [0.3, 0.4) is 0 Å². The highest BCUT2D eigenvalue weighted by molar-refractivity contribution is 5.73. The fourth-order valence-electron chi connectivity index (χ4n) is 4.54. The summed E-state index contributed by atoms with van der Waals surface area (Å²) in [6.45, 7) is 7.76. The van der Waals surface area contributed by atoms with Gasteiger partial charge in [-0.25, -0.2) is 4.79 Å². The van der Waals surface area contributed by atoms with E-state index in [1.165, 1.54) is 6.42 Å². The molecule has 2 atom stereocenters. The molecule has 1 saturated heterocycles. The smallest absolute Gasteiger partial charge is 0.475 e. The molecule has 0 aromatic carbocycles. The van der Waals surface area contributed by atoms with E-state index in [4.69, 9.17) is 24.4 Å². The van der Waals surface area contributed by atoms with E-state index in [0.717, 1.165) is 51.6 Å². The number of aliphatic carboxylic acids is 1. The lowest BCUT2D eigenvalue weighted by Crippen LogP contribution is -2.48. The third kappa shape index (κ3) is 9.11. The van der Waals surface area contributed by atoms with Crippen LogP contribution in [0.25, 0.3) is 0 Å². The van der Waals surface area contributed by atoms with Crippen molar-refractivity contribution in [3.05, 3.63) is 0 Å². The summed E-state index contributed by atoms with van der Waals surface area (Å²) in [5.74, 6) is -0.945. The molecule has 0 amide bonds. The number of carbonyl (C=O) groups is 1. The van der Waals surface area contributed by atoms with Gasteiger partial charge >= 0.3 is 12.1 Å². The number of carboxylic acid groups (broad SMARTS) is 1. The molecule has 4 rings (SSSR count). The number of alkyl halides is 3. The Morgan fingerprint density at radius 1 is 1.16 bits per heavy atom. The van der Waals surface area contributed by atoms with Crippen LogP contribution in [0.15, 0.2) is 0 Å². The van der Waals surface area contributed by atoms with Crippen molar-refractivity contribution < 1.29 is 37.7 Å². The number of aromatic nitrogens is 3. The second-order valence-corrected chi connectivity index (χ2v) is 9.90. The van der Waals surface area contributed by atoms with Crippen LogP contribution in [0.5, 0.6) is 0 Å². The van der Waals surface area contributed by atoms with Crippen molar-refractivity contribution in [2.45, 2.75) is 88.8 Å². The van der Waals surface area contributed by atoms with E-state index in [0.29, 0.717) is 37.6 Å². The Morgan fingerprint density at radius 2 is 1.81 bits per heavy atom. The quantitative estimate of drug-likeness (QED) is 0.391. The lowest BCUT2D eigenvalue weighted by atomic mass is 9.79. The third-order valence-electron chi connectivity index (χ3n) is 6.46. The van der Waals surface area contributed by atoms with Crippen LogP contribution in [0.1, 0.15) is 58.8 Å². The molecule has 3 fully saturated rings. The molecule has 1 aromatic heterocycles. The first-order chi connectivity index (χ1) is 17.5. The van der Waals surface area contributed by atoms with Gasteiger partial charge in [-0.15, -0.1) is 0 Å². The molecule has 0 bridgehead atoms. The molecule has 3 aliphatic rings. The lowest BCUT2D eigenvalue weighted by Gasteiger charge is -2.43. The van der Waals surface area contributed by atoms with Gasteiger partial charge in [0.05, 0.1) is 31.0 Å². The highest BCUT2D eigenvalue weighted by Crippen LogP contribution is 2.36. The first kappa shape index (κ1) is 29.1. The Balaban J connectivity index is 0.000000479. The molecule has 2 saturated carbocycles. The van der Waals surface area contributed by atoms with E-state index in [1.54, 1.807) is 0 Å². The zero-order valence-electron chi connectivity index (χ0n) is 21.3. The second-order valence-electron chi connectivity index (χ2n) is 9.90. The third-order valence-corrected chi connectivity index (χ3v) is 6.46. The minimum Gasteiger partial charge on any atom is -0.475 e. The largest absolute Gasteiger partial charge is 0.490 e. The number of aliphatic hydroxyl groups excluding tert-OH is 1. The predicted octanol–water partition coefficient (Wildman–Crippen LogP) is 2.82. The molecular weight excluding hydrogens is 497 g/mol. The molecule has 14 heteroatoms. The molecule has 4 N–H and O–H groups in total. The maximum atomic E-state index is 10.6. The highest BCUT2D eigenvalue weighted by atomic mass is 19.4. The Kier molecular flexibility index (Phi) is 10.1. The number of morpholine rings is 1. The summed E-state index contributed by atoms with van der Waals surface area (Å²) in [5.41, 5.74) is -0.124. The minimum absolute atomic E-state index is 0.124. The van der Waals surface area contributed by atoms with Crippen molar-refractivity contribution in [1.82, 2.24) is 15.0 Å². The minimum atomic E-state index is -5.08. The van der Waals surface area contributed by atoms with Crippen LogP contribution >= 0.6 is 0 Å². The van der Waals surface area contributed by atoms with E-state index in [2.05, 4.69) is 39.3 Å². The van der Waals surface area contributed by atoms with Gasteiger partial charge in [0.25, 0.3) is 0 Å². The van der Waals surface area contributed by atoms with Crippen LogP contribution in [0, 0.1) is 0 Å². The molecule has 2 aliphatic carbocycles. The van der Waals surface area contributed by atoms with Crippen LogP contribution in [-0.4, -0.2) is 94.0 Å². The second kappa shape index (κ2) is 12.9. The summed E-state index contributed by atoms with van der Waals surface area (Å²) in [7, 11) is 0. The van der Waals surface area contributed by atoms with Crippen LogP contribution < -0.4 is 15.5 Å². The van der Waals surface area contributed by atoms with Crippen molar-refractivity contribution >= 4 is 23.8 Å². The summed E-state index contributed by atoms with van der Waals surface area (Å²) < 4.78 is 43.4. The van der Waals surface area contributed by atoms with Gasteiger partial charge in [-0.2, -0.15) is 28.1 Å². The van der Waals surface area contributed by atoms with E-state index in [-0.39, 0.29) is 23.9 Å². The van der Waals surface area contributed by atoms with Gasteiger partial charge in [0.1, 0.15) is 0 Å². The molecule has 11 nitrogen and oxygen atoms in total. The molecule has 0 spiro atoms. The summed E-state index contributed by atoms with van der Waals surface area (Å²) in [6, 6.07) is 0.184. The molecule has 0 unspecified atom stereocenters.